The van der Waals surface area contributed by atoms with E-state index in [-0.39, 0.29) is 12.0 Å². The van der Waals surface area contributed by atoms with Gasteiger partial charge in [0, 0.05) is 17.9 Å². The van der Waals surface area contributed by atoms with Gasteiger partial charge in [-0.2, -0.15) is 26.3 Å². The van der Waals surface area contributed by atoms with Crippen LogP contribution in [0, 0.1) is 0 Å². The van der Waals surface area contributed by atoms with E-state index in [4.69, 9.17) is 4.74 Å². The van der Waals surface area contributed by atoms with Gasteiger partial charge in [0.2, 0.25) is 5.91 Å². The number of benzene rings is 2. The number of aromatic nitrogens is 1. The molecule has 2 fully saturated rings. The molecule has 2 aromatic carbocycles. The number of ether oxygens (including phenoxy) is 1. The van der Waals surface area contributed by atoms with Gasteiger partial charge in [-0.3, -0.25) is 14.7 Å². The highest BCUT2D eigenvalue weighted by atomic mass is 19.4. The van der Waals surface area contributed by atoms with Gasteiger partial charge in [-0.15, -0.1) is 0 Å². The normalized spacial score (nSPS) is 20.7. The van der Waals surface area contributed by atoms with Crippen LogP contribution >= 0.6 is 0 Å². The van der Waals surface area contributed by atoms with Crippen LogP contribution in [0.5, 0.6) is 5.75 Å². The Bertz CT molecular complexity index is 1350. The van der Waals surface area contributed by atoms with Crippen LogP contribution in [-0.2, 0) is 17.1 Å². The van der Waals surface area contributed by atoms with E-state index < -0.39 is 41.7 Å². The van der Waals surface area contributed by atoms with E-state index >= 15 is 0 Å². The van der Waals surface area contributed by atoms with Crippen molar-refractivity contribution in [1.29, 1.82) is 0 Å². The van der Waals surface area contributed by atoms with Crippen LogP contribution in [0.1, 0.15) is 60.7 Å². The summed E-state index contributed by atoms with van der Waals surface area (Å²) in [6.07, 6.45) is -5.55. The third-order valence-electron chi connectivity index (χ3n) is 7.49. The van der Waals surface area contributed by atoms with Crippen molar-refractivity contribution < 1.29 is 35.9 Å². The van der Waals surface area contributed by atoms with Crippen LogP contribution in [-0.4, -0.2) is 35.0 Å². The SMILES string of the molecule is CC(c1ccc(C(F)(F)F)nc1)N(C)[C@@H]1C[C@H](c2cccc(OC3CC3)c2)N(c2ccc(C(F)(F)F)cc2)C1=O. The number of anilines is 1. The van der Waals surface area contributed by atoms with Gasteiger partial charge in [-0.05, 0) is 86.8 Å². The first kappa shape index (κ1) is 27.9. The first-order valence-corrected chi connectivity index (χ1v) is 12.8. The summed E-state index contributed by atoms with van der Waals surface area (Å²) in [6, 6.07) is 12.3. The number of hydrogen-bond donors (Lipinski definition) is 0. The Morgan fingerprint density at radius 2 is 1.68 bits per heavy atom. The predicted octanol–water partition coefficient (Wildman–Crippen LogP) is 7.20. The van der Waals surface area contributed by atoms with Crippen LogP contribution in [0.4, 0.5) is 32.0 Å². The molecule has 0 N–H and O–H groups in total. The molecule has 1 aliphatic carbocycles. The minimum Gasteiger partial charge on any atom is -0.490 e. The van der Waals surface area contributed by atoms with Crippen molar-refractivity contribution >= 4 is 11.6 Å². The Hall–Kier alpha value is -3.60. The fraction of sp³-hybridized carbons (Fsp3) is 0.379. The molecule has 2 aliphatic rings. The van der Waals surface area contributed by atoms with Crippen LogP contribution in [0.15, 0.2) is 66.9 Å². The zero-order valence-corrected chi connectivity index (χ0v) is 21.7. The number of amides is 1. The van der Waals surface area contributed by atoms with E-state index in [9.17, 15) is 31.1 Å². The summed E-state index contributed by atoms with van der Waals surface area (Å²) in [7, 11) is 1.70. The first-order valence-electron chi connectivity index (χ1n) is 12.8. The van der Waals surface area contributed by atoms with E-state index in [0.29, 0.717) is 23.4 Å². The minimum absolute atomic E-state index is 0.156. The van der Waals surface area contributed by atoms with Gasteiger partial charge in [0.05, 0.1) is 23.8 Å². The molecular weight excluding hydrogens is 536 g/mol. The van der Waals surface area contributed by atoms with Gasteiger partial charge in [0.15, 0.2) is 0 Å². The Morgan fingerprint density at radius 1 is 0.975 bits per heavy atom. The maximum Gasteiger partial charge on any atom is 0.433 e. The largest absolute Gasteiger partial charge is 0.490 e. The number of alkyl halides is 6. The number of pyridine rings is 1. The van der Waals surface area contributed by atoms with E-state index in [2.05, 4.69) is 4.98 Å². The Labute approximate surface area is 227 Å². The second-order valence-electron chi connectivity index (χ2n) is 10.2. The maximum absolute atomic E-state index is 13.9. The smallest absolute Gasteiger partial charge is 0.433 e. The van der Waals surface area contributed by atoms with E-state index in [0.717, 1.165) is 42.8 Å². The lowest BCUT2D eigenvalue weighted by atomic mass is 10.0. The zero-order valence-electron chi connectivity index (χ0n) is 21.7. The Morgan fingerprint density at radius 3 is 2.25 bits per heavy atom. The second-order valence-corrected chi connectivity index (χ2v) is 10.2. The van der Waals surface area contributed by atoms with Crippen molar-refractivity contribution in [3.63, 3.8) is 0 Å². The quantitative estimate of drug-likeness (QED) is 0.285. The molecule has 1 aromatic heterocycles. The molecule has 212 valence electrons. The number of carbonyl (C=O) groups is 1. The molecule has 1 saturated heterocycles. The molecule has 1 amide bonds. The van der Waals surface area contributed by atoms with Crippen molar-refractivity contribution in [3.8, 4) is 5.75 Å². The molecule has 3 aromatic rings. The molecule has 0 spiro atoms. The highest BCUT2D eigenvalue weighted by Crippen LogP contribution is 2.42. The standard InChI is InChI=1S/C29H27F6N3O2/c1-17(19-6-13-26(36-16-19)29(33,34)35)37(2)25-15-24(18-4-3-5-23(14-18)40-22-11-12-22)38(27(25)39)21-9-7-20(8-10-21)28(30,31)32/h3-10,13-14,16-17,22,24-25H,11-12,15H2,1-2H3/t17?,24-,25-/m1/s1. The first-order chi connectivity index (χ1) is 18.8. The highest BCUT2D eigenvalue weighted by molar-refractivity contribution is 6.00. The maximum atomic E-state index is 13.9. The zero-order chi connectivity index (χ0) is 28.8. The van der Waals surface area contributed by atoms with Crippen LogP contribution in [0.25, 0.3) is 0 Å². The van der Waals surface area contributed by atoms with Crippen LogP contribution in [0.3, 0.4) is 0 Å². The fourth-order valence-electron chi connectivity index (χ4n) is 4.97. The number of likely N-dealkylation sites (N-methyl/N-ethyl adjacent to an activating group) is 1. The second kappa shape index (κ2) is 10.4. The van der Waals surface area contributed by atoms with E-state index in [1.54, 1.807) is 18.9 Å². The lowest BCUT2D eigenvalue weighted by Gasteiger charge is -2.30. The number of nitrogens with zero attached hydrogens (tertiary/aromatic N) is 3. The topological polar surface area (TPSA) is 45.7 Å². The summed E-state index contributed by atoms with van der Waals surface area (Å²) in [5, 5.41) is 0. The van der Waals surface area contributed by atoms with Gasteiger partial charge >= 0.3 is 12.4 Å². The lowest BCUT2D eigenvalue weighted by Crippen LogP contribution is -2.41. The van der Waals surface area contributed by atoms with Crippen molar-refractivity contribution in [2.45, 2.75) is 62.8 Å². The molecule has 5 rings (SSSR count). The molecule has 1 unspecified atom stereocenters. The van der Waals surface area contributed by atoms with E-state index in [1.165, 1.54) is 23.1 Å². The van der Waals surface area contributed by atoms with Crippen molar-refractivity contribution in [1.82, 2.24) is 9.88 Å². The average molecular weight is 564 g/mol. The number of carbonyl (C=O) groups excluding carboxylic acids is 1. The van der Waals surface area contributed by atoms with Gasteiger partial charge < -0.3 is 9.64 Å². The third-order valence-corrected chi connectivity index (χ3v) is 7.49. The van der Waals surface area contributed by atoms with Crippen LogP contribution in [0.2, 0.25) is 0 Å². The van der Waals surface area contributed by atoms with Gasteiger partial charge in [0.1, 0.15) is 11.4 Å². The van der Waals surface area contributed by atoms with Gasteiger partial charge in [-0.1, -0.05) is 18.2 Å². The third kappa shape index (κ3) is 5.79. The monoisotopic (exact) mass is 563 g/mol. The lowest BCUT2D eigenvalue weighted by molar-refractivity contribution is -0.141. The molecule has 1 aliphatic heterocycles. The van der Waals surface area contributed by atoms with Crippen molar-refractivity contribution in [2.24, 2.45) is 0 Å². The molecule has 11 heteroatoms. The summed E-state index contributed by atoms with van der Waals surface area (Å²) < 4.78 is 84.5. The molecule has 3 atom stereocenters. The summed E-state index contributed by atoms with van der Waals surface area (Å²) in [5.74, 6) is 0.327. The van der Waals surface area contributed by atoms with Crippen molar-refractivity contribution in [3.05, 3.63) is 89.2 Å². The fourth-order valence-corrected chi connectivity index (χ4v) is 4.97. The number of hydrogen-bond acceptors (Lipinski definition) is 4. The molecule has 0 radical (unpaired) electrons. The molecule has 5 nitrogen and oxygen atoms in total. The minimum atomic E-state index is -4.57. The molecule has 2 heterocycles. The molecule has 1 saturated carbocycles. The van der Waals surface area contributed by atoms with E-state index in [1.807, 2.05) is 24.3 Å². The molecule has 0 bridgehead atoms. The molecular formula is C29H27F6N3O2. The van der Waals surface area contributed by atoms with Crippen molar-refractivity contribution in [2.75, 3.05) is 11.9 Å². The number of rotatable bonds is 7. The Balaban J connectivity index is 1.46. The highest BCUT2D eigenvalue weighted by Gasteiger charge is 2.45. The summed E-state index contributed by atoms with van der Waals surface area (Å²) in [6.45, 7) is 1.76. The summed E-state index contributed by atoms with van der Waals surface area (Å²) in [4.78, 5) is 20.7. The number of halogens is 6. The average Bonchev–Trinajstić information content (AvgIpc) is 3.66. The van der Waals surface area contributed by atoms with Crippen LogP contribution < -0.4 is 9.64 Å². The Kier molecular flexibility index (Phi) is 7.28. The predicted molar refractivity (Wildman–Crippen MR) is 136 cm³/mol. The van der Waals surface area contributed by atoms with Gasteiger partial charge in [-0.25, -0.2) is 0 Å². The van der Waals surface area contributed by atoms with Gasteiger partial charge in [0.25, 0.3) is 0 Å². The molecule has 40 heavy (non-hydrogen) atoms. The summed E-state index contributed by atoms with van der Waals surface area (Å²) in [5.41, 5.74) is -0.253. The summed E-state index contributed by atoms with van der Waals surface area (Å²) >= 11 is 0.